The number of hydrogen-bond donors (Lipinski definition) is 1. The molecule has 1 atom stereocenters. The molecule has 0 aromatic heterocycles. The van der Waals surface area contributed by atoms with Crippen molar-refractivity contribution in [1.29, 1.82) is 0 Å². The number of ether oxygens (including phenoxy) is 1. The summed E-state index contributed by atoms with van der Waals surface area (Å²) in [5.41, 5.74) is 0. The summed E-state index contributed by atoms with van der Waals surface area (Å²) in [6.45, 7) is 1.79. The van der Waals surface area contributed by atoms with Crippen molar-refractivity contribution in [1.82, 2.24) is 5.32 Å². The second kappa shape index (κ2) is 6.94. The van der Waals surface area contributed by atoms with E-state index in [9.17, 15) is 4.79 Å². The molecule has 1 saturated carbocycles. The van der Waals surface area contributed by atoms with Crippen LogP contribution in [-0.4, -0.2) is 18.1 Å². The topological polar surface area (TPSA) is 38.3 Å². The zero-order chi connectivity index (χ0) is 13.7. The summed E-state index contributed by atoms with van der Waals surface area (Å²) < 4.78 is 6.64. The van der Waals surface area contributed by atoms with Gasteiger partial charge in [0.05, 0.1) is 0 Å². The van der Waals surface area contributed by atoms with Crippen LogP contribution in [0.4, 0.5) is 0 Å². The van der Waals surface area contributed by atoms with Gasteiger partial charge in [-0.25, -0.2) is 0 Å². The summed E-state index contributed by atoms with van der Waals surface area (Å²) in [6.07, 6.45) is 5.45. The first kappa shape index (κ1) is 14.4. The second-order valence-corrected chi connectivity index (χ2v) is 5.97. The summed E-state index contributed by atoms with van der Waals surface area (Å²) in [6, 6.07) is 7.85. The van der Waals surface area contributed by atoms with Gasteiger partial charge in [0.15, 0.2) is 6.10 Å². The Bertz CT molecular complexity index is 413. The Labute approximate surface area is 122 Å². The van der Waals surface area contributed by atoms with Crippen LogP contribution in [0.25, 0.3) is 0 Å². The molecule has 19 heavy (non-hydrogen) atoms. The lowest BCUT2D eigenvalue weighted by Crippen LogP contribution is -2.43. The molecule has 3 nitrogen and oxygen atoms in total. The molecule has 1 aromatic carbocycles. The molecule has 1 aliphatic rings. The summed E-state index contributed by atoms with van der Waals surface area (Å²) in [5.74, 6) is 0.698. The van der Waals surface area contributed by atoms with Crippen LogP contribution in [0.1, 0.15) is 39.0 Å². The van der Waals surface area contributed by atoms with Gasteiger partial charge in [-0.3, -0.25) is 4.79 Å². The van der Waals surface area contributed by atoms with E-state index in [-0.39, 0.29) is 5.91 Å². The molecule has 0 spiro atoms. The van der Waals surface area contributed by atoms with Crippen LogP contribution in [0.2, 0.25) is 0 Å². The standard InChI is InChI=1S/C15H20BrNO2/c1-11(19-14-9-7-12(16)8-10-14)15(18)17-13-5-3-2-4-6-13/h7-11,13H,2-6H2,1H3,(H,17,18). The molecule has 0 saturated heterocycles. The fourth-order valence-electron chi connectivity index (χ4n) is 2.34. The first-order valence-electron chi connectivity index (χ1n) is 6.88. The first-order valence-corrected chi connectivity index (χ1v) is 7.67. The average molecular weight is 326 g/mol. The van der Waals surface area contributed by atoms with E-state index < -0.39 is 6.10 Å². The minimum Gasteiger partial charge on any atom is -0.481 e. The summed E-state index contributed by atoms with van der Waals surface area (Å²) in [7, 11) is 0. The number of benzene rings is 1. The summed E-state index contributed by atoms with van der Waals surface area (Å²) in [5, 5.41) is 3.08. The van der Waals surface area contributed by atoms with Gasteiger partial charge in [-0.2, -0.15) is 0 Å². The Morgan fingerprint density at radius 1 is 1.26 bits per heavy atom. The zero-order valence-electron chi connectivity index (χ0n) is 11.2. The van der Waals surface area contributed by atoms with E-state index in [0.29, 0.717) is 6.04 Å². The van der Waals surface area contributed by atoms with Crippen molar-refractivity contribution in [2.75, 3.05) is 0 Å². The quantitative estimate of drug-likeness (QED) is 0.917. The molecule has 1 amide bonds. The van der Waals surface area contributed by atoms with Gasteiger partial charge in [0.2, 0.25) is 0 Å². The summed E-state index contributed by atoms with van der Waals surface area (Å²) in [4.78, 5) is 12.0. The lowest BCUT2D eigenvalue weighted by molar-refractivity contribution is -0.128. The lowest BCUT2D eigenvalue weighted by atomic mass is 9.95. The van der Waals surface area contributed by atoms with Crippen molar-refractivity contribution in [3.63, 3.8) is 0 Å². The molecule has 0 heterocycles. The van der Waals surface area contributed by atoms with Crippen LogP contribution in [0.15, 0.2) is 28.7 Å². The molecule has 1 fully saturated rings. The molecular weight excluding hydrogens is 306 g/mol. The fraction of sp³-hybridized carbons (Fsp3) is 0.533. The molecule has 1 unspecified atom stereocenters. The first-order chi connectivity index (χ1) is 9.15. The van der Waals surface area contributed by atoms with Gasteiger partial charge >= 0.3 is 0 Å². The van der Waals surface area contributed by atoms with Crippen LogP contribution in [-0.2, 0) is 4.79 Å². The van der Waals surface area contributed by atoms with Crippen LogP contribution in [0.3, 0.4) is 0 Å². The van der Waals surface area contributed by atoms with Crippen molar-refractivity contribution >= 4 is 21.8 Å². The molecule has 104 valence electrons. The maximum atomic E-state index is 12.0. The van der Waals surface area contributed by atoms with Gasteiger partial charge in [-0.15, -0.1) is 0 Å². The highest BCUT2D eigenvalue weighted by Crippen LogP contribution is 2.19. The molecule has 1 aromatic rings. The number of rotatable bonds is 4. The fourth-order valence-corrected chi connectivity index (χ4v) is 2.60. The highest BCUT2D eigenvalue weighted by Gasteiger charge is 2.20. The second-order valence-electron chi connectivity index (χ2n) is 5.06. The van der Waals surface area contributed by atoms with Gasteiger partial charge in [0.25, 0.3) is 5.91 Å². The normalized spacial score (nSPS) is 17.8. The number of amides is 1. The van der Waals surface area contributed by atoms with Crippen LogP contribution in [0.5, 0.6) is 5.75 Å². The Balaban J connectivity index is 1.83. The van der Waals surface area contributed by atoms with E-state index in [2.05, 4.69) is 21.2 Å². The highest BCUT2D eigenvalue weighted by molar-refractivity contribution is 9.10. The van der Waals surface area contributed by atoms with Crippen LogP contribution >= 0.6 is 15.9 Å². The molecule has 2 rings (SSSR count). The Morgan fingerprint density at radius 2 is 1.89 bits per heavy atom. The van der Waals surface area contributed by atoms with Crippen molar-refractivity contribution in [2.24, 2.45) is 0 Å². The molecule has 1 N–H and O–H groups in total. The maximum Gasteiger partial charge on any atom is 0.260 e. The predicted molar refractivity (Wildman–Crippen MR) is 79.2 cm³/mol. The van der Waals surface area contributed by atoms with Gasteiger partial charge in [0.1, 0.15) is 5.75 Å². The van der Waals surface area contributed by atoms with Crippen molar-refractivity contribution < 1.29 is 9.53 Å². The van der Waals surface area contributed by atoms with Gasteiger partial charge < -0.3 is 10.1 Å². The highest BCUT2D eigenvalue weighted by atomic mass is 79.9. The zero-order valence-corrected chi connectivity index (χ0v) is 12.8. The molecule has 0 aliphatic heterocycles. The Kier molecular flexibility index (Phi) is 5.25. The Hall–Kier alpha value is -1.03. The molecular formula is C15H20BrNO2. The smallest absolute Gasteiger partial charge is 0.260 e. The minimum atomic E-state index is -0.455. The molecule has 4 heteroatoms. The third kappa shape index (κ3) is 4.53. The lowest BCUT2D eigenvalue weighted by Gasteiger charge is -2.24. The largest absolute Gasteiger partial charge is 0.481 e. The molecule has 0 radical (unpaired) electrons. The SMILES string of the molecule is CC(Oc1ccc(Br)cc1)C(=O)NC1CCCCC1. The molecule has 1 aliphatic carbocycles. The number of carbonyl (C=O) groups is 1. The van der Waals surface area contributed by atoms with Gasteiger partial charge in [-0.05, 0) is 44.0 Å². The van der Waals surface area contributed by atoms with E-state index in [1.54, 1.807) is 6.92 Å². The predicted octanol–water partition coefficient (Wildman–Crippen LogP) is 3.67. The monoisotopic (exact) mass is 325 g/mol. The van der Waals surface area contributed by atoms with E-state index in [1.165, 1.54) is 19.3 Å². The molecule has 0 bridgehead atoms. The number of halogens is 1. The number of nitrogens with one attached hydrogen (secondary N) is 1. The third-order valence-electron chi connectivity index (χ3n) is 3.45. The maximum absolute atomic E-state index is 12.0. The van der Waals surface area contributed by atoms with Crippen LogP contribution in [0, 0.1) is 0 Å². The Morgan fingerprint density at radius 3 is 2.53 bits per heavy atom. The van der Waals surface area contributed by atoms with Gasteiger partial charge in [-0.1, -0.05) is 35.2 Å². The number of hydrogen-bond acceptors (Lipinski definition) is 2. The number of carbonyl (C=O) groups excluding carboxylic acids is 1. The summed E-state index contributed by atoms with van der Waals surface area (Å²) >= 11 is 3.37. The minimum absolute atomic E-state index is 0.0187. The van der Waals surface area contributed by atoms with Crippen molar-refractivity contribution in [3.8, 4) is 5.75 Å². The average Bonchev–Trinajstić information content (AvgIpc) is 2.42. The van der Waals surface area contributed by atoms with Crippen molar-refractivity contribution in [2.45, 2.75) is 51.2 Å². The third-order valence-corrected chi connectivity index (χ3v) is 3.98. The van der Waals surface area contributed by atoms with E-state index in [4.69, 9.17) is 4.74 Å². The van der Waals surface area contributed by atoms with Crippen LogP contribution < -0.4 is 10.1 Å². The van der Waals surface area contributed by atoms with Gasteiger partial charge in [0, 0.05) is 10.5 Å². The van der Waals surface area contributed by atoms with E-state index >= 15 is 0 Å². The van der Waals surface area contributed by atoms with E-state index in [1.807, 2.05) is 24.3 Å². The van der Waals surface area contributed by atoms with Crippen molar-refractivity contribution in [3.05, 3.63) is 28.7 Å². The van der Waals surface area contributed by atoms with E-state index in [0.717, 1.165) is 23.1 Å².